The Morgan fingerprint density at radius 1 is 1.17 bits per heavy atom. The Morgan fingerprint density at radius 3 is 2.80 bits per heavy atom. The Balaban J connectivity index is 1.46. The first-order valence-electron chi connectivity index (χ1n) is 11.3. The van der Waals surface area contributed by atoms with Crippen LogP contribution in [0.3, 0.4) is 0 Å². The maximum absolute atomic E-state index is 6.24. The number of nitrogens with zero attached hydrogens (tertiary/aromatic N) is 2. The van der Waals surface area contributed by atoms with Crippen LogP contribution in [0.4, 0.5) is 5.69 Å². The maximum atomic E-state index is 6.24. The van der Waals surface area contributed by atoms with Gasteiger partial charge in [0.05, 0.1) is 25.8 Å². The van der Waals surface area contributed by atoms with Crippen molar-refractivity contribution in [3.63, 3.8) is 0 Å². The average Bonchev–Trinajstić information content (AvgIpc) is 3.48. The molecule has 1 aromatic heterocycles. The second-order valence-electron chi connectivity index (χ2n) is 9.38. The Bertz CT molecular complexity index is 928. The molecule has 2 fully saturated rings. The average molecular weight is 412 g/mol. The Labute approximate surface area is 178 Å². The predicted octanol–water partition coefficient (Wildman–Crippen LogP) is 4.06. The Hall–Kier alpha value is -2.05. The number of hydrogen-bond acceptors (Lipinski definition) is 6. The fourth-order valence-corrected chi connectivity index (χ4v) is 4.77. The minimum atomic E-state index is 0.453. The molecular weight excluding hydrogens is 378 g/mol. The third-order valence-corrected chi connectivity index (χ3v) is 6.64. The molecule has 5 rings (SSSR count). The van der Waals surface area contributed by atoms with E-state index in [0.717, 1.165) is 67.3 Å². The van der Waals surface area contributed by atoms with E-state index >= 15 is 0 Å². The third-order valence-electron chi connectivity index (χ3n) is 6.64. The van der Waals surface area contributed by atoms with E-state index in [1.807, 2.05) is 12.1 Å². The number of benzene rings is 1. The fraction of sp³-hybridized carbons (Fsp3) is 0.625. The first-order chi connectivity index (χ1) is 14.6. The van der Waals surface area contributed by atoms with Crippen molar-refractivity contribution < 1.29 is 14.3 Å². The number of anilines is 1. The molecule has 0 spiro atoms. The molecule has 2 aliphatic carbocycles. The van der Waals surface area contributed by atoms with Crippen molar-refractivity contribution in [1.29, 1.82) is 0 Å². The molecule has 1 aromatic carbocycles. The van der Waals surface area contributed by atoms with E-state index in [4.69, 9.17) is 19.3 Å². The quantitative estimate of drug-likeness (QED) is 0.741. The van der Waals surface area contributed by atoms with Gasteiger partial charge in [0.15, 0.2) is 11.5 Å². The summed E-state index contributed by atoms with van der Waals surface area (Å²) < 4.78 is 12.0. The number of hydroxylamine groups is 2. The summed E-state index contributed by atoms with van der Waals surface area (Å²) in [5, 5.41) is 6.83. The summed E-state index contributed by atoms with van der Waals surface area (Å²) in [4.78, 5) is 10.6. The van der Waals surface area contributed by atoms with Crippen molar-refractivity contribution in [2.45, 2.75) is 39.0 Å². The van der Waals surface area contributed by atoms with E-state index in [2.05, 4.69) is 24.4 Å². The van der Waals surface area contributed by atoms with E-state index in [1.54, 1.807) is 7.11 Å². The maximum Gasteiger partial charge on any atom is 0.163 e. The standard InChI is InChI=1S/C24H33N3O3/c1-15-8-18-20(9-15)26-21-11-23(29-14-17-6-7-30-27(2)13-17)22(28-3)10-19(21)24(18)25-12-16-4-5-16/h10-11,15-17H,4-9,12-14H2,1-3H3,(H,25,26). The molecule has 162 valence electrons. The van der Waals surface area contributed by atoms with Gasteiger partial charge in [0.25, 0.3) is 0 Å². The fourth-order valence-electron chi connectivity index (χ4n) is 4.77. The predicted molar refractivity (Wildman–Crippen MR) is 118 cm³/mol. The largest absolute Gasteiger partial charge is 0.493 e. The lowest BCUT2D eigenvalue weighted by Crippen LogP contribution is -2.35. The highest BCUT2D eigenvalue weighted by Crippen LogP contribution is 2.41. The molecule has 6 heteroatoms. The van der Waals surface area contributed by atoms with Gasteiger partial charge in [-0.25, -0.2) is 0 Å². The van der Waals surface area contributed by atoms with E-state index in [0.29, 0.717) is 18.4 Å². The molecule has 3 aliphatic rings. The van der Waals surface area contributed by atoms with E-state index < -0.39 is 0 Å². The third kappa shape index (κ3) is 4.08. The monoisotopic (exact) mass is 411 g/mol. The van der Waals surface area contributed by atoms with Crippen LogP contribution in [-0.4, -0.2) is 50.5 Å². The number of nitrogens with one attached hydrogen (secondary N) is 1. The lowest BCUT2D eigenvalue weighted by atomic mass is 10.0. The van der Waals surface area contributed by atoms with Crippen molar-refractivity contribution in [3.05, 3.63) is 23.4 Å². The van der Waals surface area contributed by atoms with Crippen molar-refractivity contribution in [3.8, 4) is 11.5 Å². The molecule has 1 saturated heterocycles. The Morgan fingerprint density at radius 2 is 2.03 bits per heavy atom. The lowest BCUT2D eigenvalue weighted by molar-refractivity contribution is -0.179. The molecule has 2 atom stereocenters. The van der Waals surface area contributed by atoms with Gasteiger partial charge in [0.2, 0.25) is 0 Å². The summed E-state index contributed by atoms with van der Waals surface area (Å²) >= 11 is 0. The molecule has 6 nitrogen and oxygen atoms in total. The first-order valence-corrected chi connectivity index (χ1v) is 11.3. The topological polar surface area (TPSA) is 55.9 Å². The number of hydrogen-bond donors (Lipinski definition) is 1. The van der Waals surface area contributed by atoms with Gasteiger partial charge in [-0.1, -0.05) is 6.92 Å². The zero-order valence-corrected chi connectivity index (χ0v) is 18.4. The molecule has 2 aromatic rings. The van der Waals surface area contributed by atoms with Crippen LogP contribution in [-0.2, 0) is 17.7 Å². The molecule has 2 unspecified atom stereocenters. The zero-order valence-electron chi connectivity index (χ0n) is 18.4. The van der Waals surface area contributed by atoms with Gasteiger partial charge in [-0.3, -0.25) is 9.82 Å². The van der Waals surface area contributed by atoms with E-state index in [9.17, 15) is 0 Å². The van der Waals surface area contributed by atoms with Gasteiger partial charge in [0, 0.05) is 48.9 Å². The molecule has 1 saturated carbocycles. The van der Waals surface area contributed by atoms with Gasteiger partial charge < -0.3 is 14.8 Å². The van der Waals surface area contributed by atoms with Gasteiger partial charge in [0.1, 0.15) is 0 Å². The van der Waals surface area contributed by atoms with Crippen molar-refractivity contribution >= 4 is 16.6 Å². The second-order valence-corrected chi connectivity index (χ2v) is 9.38. The molecule has 1 N–H and O–H groups in total. The summed E-state index contributed by atoms with van der Waals surface area (Å²) in [5.74, 6) is 3.49. The van der Waals surface area contributed by atoms with Crippen molar-refractivity contribution in [2.24, 2.45) is 17.8 Å². The molecule has 30 heavy (non-hydrogen) atoms. The highest BCUT2D eigenvalue weighted by atomic mass is 16.7. The van der Waals surface area contributed by atoms with Crippen LogP contribution in [0.2, 0.25) is 0 Å². The minimum absolute atomic E-state index is 0.453. The highest BCUT2D eigenvalue weighted by Gasteiger charge is 2.27. The number of aromatic nitrogens is 1. The second kappa shape index (κ2) is 8.23. The molecular formula is C24H33N3O3. The summed E-state index contributed by atoms with van der Waals surface area (Å²) in [6, 6.07) is 4.19. The number of methoxy groups -OCH3 is 1. The Kier molecular flexibility index (Phi) is 5.46. The van der Waals surface area contributed by atoms with Crippen LogP contribution in [0.25, 0.3) is 10.9 Å². The first kappa shape index (κ1) is 19.9. The SMILES string of the molecule is COc1cc2c(NCC3CC3)c3c(nc2cc1OCC1CCON(C)C1)CC(C)C3. The van der Waals surface area contributed by atoms with Gasteiger partial charge in [-0.2, -0.15) is 5.06 Å². The van der Waals surface area contributed by atoms with Crippen LogP contribution in [0, 0.1) is 17.8 Å². The normalized spacial score (nSPS) is 24.1. The number of pyridine rings is 1. The highest BCUT2D eigenvalue weighted by molar-refractivity contribution is 5.96. The van der Waals surface area contributed by atoms with Crippen LogP contribution < -0.4 is 14.8 Å². The molecule has 0 bridgehead atoms. The number of ether oxygens (including phenoxy) is 2. The molecule has 0 radical (unpaired) electrons. The van der Waals surface area contributed by atoms with E-state index in [-0.39, 0.29) is 0 Å². The molecule has 0 amide bonds. The number of rotatable bonds is 7. The smallest absolute Gasteiger partial charge is 0.163 e. The van der Waals surface area contributed by atoms with Gasteiger partial charge in [-0.15, -0.1) is 0 Å². The summed E-state index contributed by atoms with van der Waals surface area (Å²) in [5.41, 5.74) is 4.91. The summed E-state index contributed by atoms with van der Waals surface area (Å²) in [6.07, 6.45) is 5.86. The van der Waals surface area contributed by atoms with Crippen molar-refractivity contribution in [1.82, 2.24) is 10.0 Å². The van der Waals surface area contributed by atoms with Crippen molar-refractivity contribution in [2.75, 3.05) is 45.8 Å². The van der Waals surface area contributed by atoms with Crippen LogP contribution >= 0.6 is 0 Å². The minimum Gasteiger partial charge on any atom is -0.493 e. The van der Waals surface area contributed by atoms with Gasteiger partial charge >= 0.3 is 0 Å². The lowest BCUT2D eigenvalue weighted by Gasteiger charge is -2.29. The van der Waals surface area contributed by atoms with Gasteiger partial charge in [-0.05, 0) is 55.6 Å². The number of fused-ring (bicyclic) bond motifs is 2. The van der Waals surface area contributed by atoms with E-state index in [1.165, 1.54) is 29.8 Å². The zero-order chi connectivity index (χ0) is 20.7. The summed E-state index contributed by atoms with van der Waals surface area (Å²) in [6.45, 7) is 5.66. The van der Waals surface area contributed by atoms with Crippen LogP contribution in [0.5, 0.6) is 11.5 Å². The van der Waals surface area contributed by atoms with Crippen LogP contribution in [0.15, 0.2) is 12.1 Å². The van der Waals surface area contributed by atoms with Crippen LogP contribution in [0.1, 0.15) is 37.4 Å². The summed E-state index contributed by atoms with van der Waals surface area (Å²) in [7, 11) is 3.70. The molecule has 2 heterocycles. The molecule has 1 aliphatic heterocycles.